The normalized spacial score (nSPS) is 13.3. The lowest BCUT2D eigenvalue weighted by molar-refractivity contribution is 0.241. The summed E-state index contributed by atoms with van der Waals surface area (Å²) in [5.41, 5.74) is 6.42. The average molecular weight is 350 g/mol. The fourth-order valence-corrected chi connectivity index (χ4v) is 4.33. The molecule has 25 heavy (non-hydrogen) atoms. The third-order valence-corrected chi connectivity index (χ3v) is 5.59. The number of hydrogen-bond acceptors (Lipinski definition) is 4. The molecule has 0 fully saturated rings. The predicted molar refractivity (Wildman–Crippen MR) is 103 cm³/mol. The quantitative estimate of drug-likeness (QED) is 0.627. The maximum atomic E-state index is 5.83. The summed E-state index contributed by atoms with van der Waals surface area (Å²) in [6.45, 7) is 6.17. The third-order valence-electron chi connectivity index (χ3n) is 4.59. The van der Waals surface area contributed by atoms with Gasteiger partial charge in [0.15, 0.2) is 0 Å². The Balaban J connectivity index is 1.66. The van der Waals surface area contributed by atoms with Gasteiger partial charge in [0.2, 0.25) is 0 Å². The first-order valence-corrected chi connectivity index (χ1v) is 9.66. The Labute approximate surface area is 152 Å². The highest BCUT2D eigenvalue weighted by Gasteiger charge is 2.18. The lowest BCUT2D eigenvalue weighted by Crippen LogP contribution is -2.06. The highest BCUT2D eigenvalue weighted by molar-refractivity contribution is 7.17. The molecule has 0 N–H and O–H groups in total. The van der Waals surface area contributed by atoms with E-state index in [4.69, 9.17) is 4.74 Å². The number of aromatic nitrogens is 2. The third kappa shape index (κ3) is 3.19. The minimum atomic E-state index is 0.179. The van der Waals surface area contributed by atoms with Crippen LogP contribution in [0, 0.1) is 6.92 Å². The molecule has 3 nitrogen and oxygen atoms in total. The molecular formula is C21H22N2OS. The number of hydrogen-bond donors (Lipinski definition) is 0. The van der Waals surface area contributed by atoms with Gasteiger partial charge in [0.05, 0.1) is 6.10 Å². The van der Waals surface area contributed by atoms with Crippen molar-refractivity contribution in [2.45, 2.75) is 46.1 Å². The van der Waals surface area contributed by atoms with Crippen LogP contribution in [0.15, 0.2) is 36.4 Å². The first-order chi connectivity index (χ1) is 12.1. The van der Waals surface area contributed by atoms with Crippen LogP contribution in [0.1, 0.15) is 37.0 Å². The molecule has 0 unspecified atom stereocenters. The highest BCUT2D eigenvalue weighted by atomic mass is 32.1. The van der Waals surface area contributed by atoms with Gasteiger partial charge in [0, 0.05) is 11.1 Å². The van der Waals surface area contributed by atoms with Crippen LogP contribution in [0.4, 0.5) is 0 Å². The van der Waals surface area contributed by atoms with Gasteiger partial charge < -0.3 is 4.74 Å². The second kappa shape index (κ2) is 6.60. The van der Waals surface area contributed by atoms with Crippen LogP contribution in [0.5, 0.6) is 5.75 Å². The van der Waals surface area contributed by atoms with Gasteiger partial charge in [0.25, 0.3) is 0 Å². The van der Waals surface area contributed by atoms with Crippen LogP contribution in [-0.2, 0) is 12.8 Å². The Hall–Kier alpha value is -2.20. The van der Waals surface area contributed by atoms with Gasteiger partial charge in [-0.25, -0.2) is 0 Å². The van der Waals surface area contributed by atoms with Crippen molar-refractivity contribution in [3.63, 3.8) is 0 Å². The lowest BCUT2D eigenvalue weighted by Gasteiger charge is -2.12. The lowest BCUT2D eigenvalue weighted by atomic mass is 10.0. The summed E-state index contributed by atoms with van der Waals surface area (Å²) in [5, 5.41) is 10.9. The van der Waals surface area contributed by atoms with Gasteiger partial charge in [0.1, 0.15) is 15.8 Å². The van der Waals surface area contributed by atoms with Gasteiger partial charge in [-0.2, -0.15) is 0 Å². The zero-order valence-corrected chi connectivity index (χ0v) is 15.7. The Morgan fingerprint density at radius 3 is 2.68 bits per heavy atom. The molecule has 0 atom stereocenters. The Kier molecular flexibility index (Phi) is 4.30. The molecule has 0 amide bonds. The van der Waals surface area contributed by atoms with E-state index in [1.807, 2.05) is 19.9 Å². The van der Waals surface area contributed by atoms with Gasteiger partial charge in [-0.1, -0.05) is 29.5 Å². The summed E-state index contributed by atoms with van der Waals surface area (Å²) in [6, 6.07) is 12.8. The van der Waals surface area contributed by atoms with E-state index in [1.165, 1.54) is 29.5 Å². The highest BCUT2D eigenvalue weighted by Crippen LogP contribution is 2.36. The summed E-state index contributed by atoms with van der Waals surface area (Å²) >= 11 is 1.67. The summed E-state index contributed by atoms with van der Waals surface area (Å²) in [5.74, 6) is 0.935. The maximum Gasteiger partial charge on any atom is 0.148 e. The molecule has 0 bridgehead atoms. The van der Waals surface area contributed by atoms with Crippen LogP contribution < -0.4 is 4.74 Å². The van der Waals surface area contributed by atoms with Gasteiger partial charge in [-0.15, -0.1) is 10.2 Å². The molecule has 2 aromatic carbocycles. The van der Waals surface area contributed by atoms with E-state index < -0.39 is 0 Å². The molecule has 1 aromatic heterocycles. The molecule has 1 aliphatic carbocycles. The predicted octanol–water partition coefficient (Wildman–Crippen LogP) is 5.46. The van der Waals surface area contributed by atoms with E-state index >= 15 is 0 Å². The summed E-state index contributed by atoms with van der Waals surface area (Å²) < 4.78 is 5.83. The summed E-state index contributed by atoms with van der Waals surface area (Å²) in [6.07, 6.45) is 3.76. The fourth-order valence-electron chi connectivity index (χ4n) is 3.44. The second-order valence-corrected chi connectivity index (χ2v) is 7.83. The molecule has 0 saturated carbocycles. The van der Waals surface area contributed by atoms with E-state index in [0.717, 1.165) is 33.3 Å². The Bertz CT molecular complexity index is 914. The first-order valence-electron chi connectivity index (χ1n) is 8.84. The van der Waals surface area contributed by atoms with Crippen molar-refractivity contribution in [3.8, 4) is 26.9 Å². The standard InChI is InChI=1S/C21H22N2OS/c1-13(2)24-19-11-10-16(12-14(19)3)20-22-23-21(25-20)18-9-5-7-15-6-4-8-17(15)18/h5,7,9-13H,4,6,8H2,1-3H3. The van der Waals surface area contributed by atoms with Crippen LogP contribution in [0.25, 0.3) is 21.1 Å². The topological polar surface area (TPSA) is 35.0 Å². The molecule has 1 aliphatic rings. The van der Waals surface area contributed by atoms with E-state index in [9.17, 15) is 0 Å². The van der Waals surface area contributed by atoms with E-state index in [2.05, 4.69) is 47.5 Å². The first kappa shape index (κ1) is 16.3. The molecule has 0 radical (unpaired) electrons. The number of rotatable bonds is 4. The van der Waals surface area contributed by atoms with E-state index in [1.54, 1.807) is 11.3 Å². The van der Waals surface area contributed by atoms with Crippen molar-refractivity contribution in [2.24, 2.45) is 0 Å². The van der Waals surface area contributed by atoms with Crippen molar-refractivity contribution in [2.75, 3.05) is 0 Å². The van der Waals surface area contributed by atoms with Crippen LogP contribution >= 0.6 is 11.3 Å². The Morgan fingerprint density at radius 2 is 1.88 bits per heavy atom. The zero-order chi connectivity index (χ0) is 17.4. The number of ether oxygens (including phenoxy) is 1. The number of benzene rings is 2. The molecule has 0 aliphatic heterocycles. The van der Waals surface area contributed by atoms with Crippen LogP contribution in [0.3, 0.4) is 0 Å². The zero-order valence-electron chi connectivity index (χ0n) is 14.9. The fraction of sp³-hybridized carbons (Fsp3) is 0.333. The molecule has 4 heteroatoms. The van der Waals surface area contributed by atoms with Crippen LogP contribution in [-0.4, -0.2) is 16.3 Å². The monoisotopic (exact) mass is 350 g/mol. The summed E-state index contributed by atoms with van der Waals surface area (Å²) in [7, 11) is 0. The van der Waals surface area contributed by atoms with Crippen LogP contribution in [0.2, 0.25) is 0 Å². The minimum Gasteiger partial charge on any atom is -0.491 e. The van der Waals surface area contributed by atoms with Crippen molar-refractivity contribution in [1.29, 1.82) is 0 Å². The molecule has 128 valence electrons. The minimum absolute atomic E-state index is 0.179. The van der Waals surface area contributed by atoms with Crippen molar-refractivity contribution in [3.05, 3.63) is 53.1 Å². The van der Waals surface area contributed by atoms with E-state index in [0.29, 0.717) is 0 Å². The number of fused-ring (bicyclic) bond motifs is 1. The van der Waals surface area contributed by atoms with Crippen molar-refractivity contribution >= 4 is 11.3 Å². The second-order valence-electron chi connectivity index (χ2n) is 6.86. The molecule has 4 rings (SSSR count). The van der Waals surface area contributed by atoms with Crippen molar-refractivity contribution in [1.82, 2.24) is 10.2 Å². The molecule has 0 spiro atoms. The van der Waals surface area contributed by atoms with Gasteiger partial charge in [-0.05, 0) is 74.9 Å². The average Bonchev–Trinajstić information content (AvgIpc) is 3.24. The van der Waals surface area contributed by atoms with Gasteiger partial charge in [-0.3, -0.25) is 0 Å². The molecule has 0 saturated heterocycles. The largest absolute Gasteiger partial charge is 0.491 e. The van der Waals surface area contributed by atoms with E-state index in [-0.39, 0.29) is 6.10 Å². The molecule has 1 heterocycles. The molecule has 3 aromatic rings. The number of aryl methyl sites for hydroxylation is 2. The van der Waals surface area contributed by atoms with Crippen molar-refractivity contribution < 1.29 is 4.74 Å². The summed E-state index contributed by atoms with van der Waals surface area (Å²) in [4.78, 5) is 0. The smallest absolute Gasteiger partial charge is 0.148 e. The van der Waals surface area contributed by atoms with Gasteiger partial charge >= 0.3 is 0 Å². The maximum absolute atomic E-state index is 5.83. The molecular weight excluding hydrogens is 328 g/mol. The number of nitrogens with zero attached hydrogens (tertiary/aromatic N) is 2. The Morgan fingerprint density at radius 1 is 1.04 bits per heavy atom. The SMILES string of the molecule is Cc1cc(-c2nnc(-c3cccc4c3CCC4)s2)ccc1OC(C)C.